The number of ether oxygens (including phenoxy) is 1. The van der Waals surface area contributed by atoms with E-state index in [-0.39, 0.29) is 6.61 Å². The minimum Gasteiger partial charge on any atom is -0.465 e. The lowest BCUT2D eigenvalue weighted by atomic mass is 10.1. The molecule has 0 rings (SSSR count). The lowest BCUT2D eigenvalue weighted by molar-refractivity contribution is -0.140. The Kier molecular flexibility index (Phi) is 10.3. The van der Waals surface area contributed by atoms with Crippen LogP contribution < -0.4 is 0 Å². The molecule has 18 heavy (non-hydrogen) atoms. The highest BCUT2D eigenvalue weighted by atomic mass is 31.2. The van der Waals surface area contributed by atoms with Gasteiger partial charge < -0.3 is 14.5 Å². The molecule has 2 N–H and O–H groups in total. The second kappa shape index (κ2) is 10.5. The van der Waals surface area contributed by atoms with Gasteiger partial charge in [0.25, 0.3) is 0 Å². The summed E-state index contributed by atoms with van der Waals surface area (Å²) in [6.07, 6.45) is 8.35. The lowest BCUT2D eigenvalue weighted by Gasteiger charge is -2.05. The van der Waals surface area contributed by atoms with E-state index in [1.807, 2.05) is 0 Å². The molecule has 0 aromatic carbocycles. The third-order valence-electron chi connectivity index (χ3n) is 2.60. The van der Waals surface area contributed by atoms with E-state index in [1.165, 1.54) is 32.1 Å². The fourth-order valence-corrected chi connectivity index (χ4v) is 2.06. The molecular formula is C12H25O5P. The Morgan fingerprint density at radius 1 is 1.00 bits per heavy atom. The van der Waals surface area contributed by atoms with Crippen LogP contribution in [0.1, 0.15) is 58.3 Å². The molecule has 0 radical (unpaired) electrons. The smallest absolute Gasteiger partial charge is 0.336 e. The van der Waals surface area contributed by atoms with E-state index in [0.717, 1.165) is 19.3 Å². The first kappa shape index (κ1) is 17.6. The monoisotopic (exact) mass is 280 g/mol. The zero-order valence-corrected chi connectivity index (χ0v) is 12.0. The van der Waals surface area contributed by atoms with E-state index in [4.69, 9.17) is 14.5 Å². The maximum Gasteiger partial charge on any atom is 0.336 e. The van der Waals surface area contributed by atoms with Gasteiger partial charge in [-0.1, -0.05) is 51.9 Å². The highest BCUT2D eigenvalue weighted by molar-refractivity contribution is 7.52. The minimum absolute atomic E-state index is 0.258. The topological polar surface area (TPSA) is 83.8 Å². The maximum atomic E-state index is 11.0. The van der Waals surface area contributed by atoms with Crippen molar-refractivity contribution in [3.05, 3.63) is 0 Å². The number of unbranched alkanes of at least 4 members (excludes halogenated alkanes) is 7. The number of hydrogen-bond donors (Lipinski definition) is 2. The van der Waals surface area contributed by atoms with E-state index < -0.39 is 19.7 Å². The number of esters is 1. The van der Waals surface area contributed by atoms with Crippen LogP contribution in [0, 0.1) is 0 Å². The van der Waals surface area contributed by atoms with Gasteiger partial charge in [-0.05, 0) is 6.42 Å². The first-order valence-electron chi connectivity index (χ1n) is 6.66. The molecule has 0 saturated heterocycles. The van der Waals surface area contributed by atoms with Crippen LogP contribution in [0.2, 0.25) is 0 Å². The molecule has 0 fully saturated rings. The maximum absolute atomic E-state index is 11.0. The van der Waals surface area contributed by atoms with Crippen molar-refractivity contribution in [1.29, 1.82) is 0 Å². The van der Waals surface area contributed by atoms with E-state index in [9.17, 15) is 9.36 Å². The molecule has 0 saturated carbocycles. The van der Waals surface area contributed by atoms with Crippen LogP contribution in [0.3, 0.4) is 0 Å². The highest BCUT2D eigenvalue weighted by Gasteiger charge is 2.19. The highest BCUT2D eigenvalue weighted by Crippen LogP contribution is 2.33. The van der Waals surface area contributed by atoms with E-state index >= 15 is 0 Å². The van der Waals surface area contributed by atoms with Crippen molar-refractivity contribution in [2.45, 2.75) is 58.3 Å². The second-order valence-electron chi connectivity index (χ2n) is 4.52. The largest absolute Gasteiger partial charge is 0.465 e. The zero-order chi connectivity index (χ0) is 13.9. The number of rotatable bonds is 11. The van der Waals surface area contributed by atoms with Crippen LogP contribution in [0.4, 0.5) is 0 Å². The summed E-state index contributed by atoms with van der Waals surface area (Å²) >= 11 is 0. The van der Waals surface area contributed by atoms with Gasteiger partial charge in [-0.2, -0.15) is 0 Å². The molecule has 0 amide bonds. The van der Waals surface area contributed by atoms with E-state index in [1.54, 1.807) is 0 Å². The Bertz CT molecular complexity index is 261. The van der Waals surface area contributed by atoms with Crippen LogP contribution in [0.25, 0.3) is 0 Å². The first-order valence-corrected chi connectivity index (χ1v) is 8.45. The van der Waals surface area contributed by atoms with Crippen molar-refractivity contribution in [2.75, 3.05) is 12.8 Å². The summed E-state index contributed by atoms with van der Waals surface area (Å²) < 4.78 is 15.2. The summed E-state index contributed by atoms with van der Waals surface area (Å²) in [4.78, 5) is 28.0. The molecule has 6 heteroatoms. The van der Waals surface area contributed by atoms with E-state index in [0.29, 0.717) is 0 Å². The van der Waals surface area contributed by atoms with Crippen LogP contribution in [0.5, 0.6) is 0 Å². The summed E-state index contributed by atoms with van der Waals surface area (Å²) in [5, 5.41) is 0. The fourth-order valence-electron chi connectivity index (χ4n) is 1.64. The Balaban J connectivity index is 3.25. The van der Waals surface area contributed by atoms with Crippen molar-refractivity contribution in [3.8, 4) is 0 Å². The van der Waals surface area contributed by atoms with Crippen molar-refractivity contribution in [1.82, 2.24) is 0 Å². The van der Waals surface area contributed by atoms with Gasteiger partial charge in [-0.15, -0.1) is 0 Å². The molecule has 108 valence electrons. The number of hydrogen-bond acceptors (Lipinski definition) is 3. The molecule has 0 unspecified atom stereocenters. The molecule has 0 aliphatic heterocycles. The molecular weight excluding hydrogens is 255 g/mol. The predicted molar refractivity (Wildman–Crippen MR) is 70.5 cm³/mol. The molecule has 0 aromatic rings. The van der Waals surface area contributed by atoms with Gasteiger partial charge in [0.1, 0.15) is 6.16 Å². The second-order valence-corrected chi connectivity index (χ2v) is 6.16. The van der Waals surface area contributed by atoms with Gasteiger partial charge >= 0.3 is 13.6 Å². The Hall–Kier alpha value is -0.380. The van der Waals surface area contributed by atoms with Crippen molar-refractivity contribution >= 4 is 13.6 Å². The fraction of sp³-hybridized carbons (Fsp3) is 0.917. The van der Waals surface area contributed by atoms with Gasteiger partial charge in [0.2, 0.25) is 0 Å². The van der Waals surface area contributed by atoms with Gasteiger partial charge in [0.05, 0.1) is 6.61 Å². The van der Waals surface area contributed by atoms with Crippen LogP contribution >= 0.6 is 7.60 Å². The van der Waals surface area contributed by atoms with Crippen LogP contribution in [0.15, 0.2) is 0 Å². The first-order chi connectivity index (χ1) is 8.45. The lowest BCUT2D eigenvalue weighted by Crippen LogP contribution is -2.10. The molecule has 0 aromatic heterocycles. The third-order valence-corrected chi connectivity index (χ3v) is 3.27. The van der Waals surface area contributed by atoms with Gasteiger partial charge in [-0.25, -0.2) is 0 Å². The summed E-state index contributed by atoms with van der Waals surface area (Å²) in [6, 6.07) is 0. The molecule has 0 atom stereocenters. The quantitative estimate of drug-likeness (QED) is 0.345. The molecule has 0 spiro atoms. The van der Waals surface area contributed by atoms with Crippen molar-refractivity contribution in [3.63, 3.8) is 0 Å². The van der Waals surface area contributed by atoms with Gasteiger partial charge in [0, 0.05) is 0 Å². The average molecular weight is 280 g/mol. The summed E-state index contributed by atoms with van der Waals surface area (Å²) in [5.74, 6) is -0.814. The SMILES string of the molecule is CCCCCCCCCCOC(=O)CP(=O)(O)O. The summed E-state index contributed by atoms with van der Waals surface area (Å²) in [6.45, 7) is 2.44. The molecule has 0 aliphatic carbocycles. The average Bonchev–Trinajstić information content (AvgIpc) is 2.24. The van der Waals surface area contributed by atoms with Gasteiger partial charge in [-0.3, -0.25) is 9.36 Å². The van der Waals surface area contributed by atoms with Crippen molar-refractivity contribution < 1.29 is 23.9 Å². The molecule has 0 aliphatic rings. The number of carbonyl (C=O) groups excluding carboxylic acids is 1. The normalized spacial score (nSPS) is 11.5. The van der Waals surface area contributed by atoms with Gasteiger partial charge in [0.15, 0.2) is 0 Å². The van der Waals surface area contributed by atoms with E-state index in [2.05, 4.69) is 6.92 Å². The standard InChI is InChI=1S/C12H25O5P/c1-2-3-4-5-6-7-8-9-10-17-12(13)11-18(14,15)16/h2-11H2,1H3,(H2,14,15,16). The summed E-state index contributed by atoms with van der Waals surface area (Å²) in [5.41, 5.74) is 0. The number of carbonyl (C=O) groups is 1. The predicted octanol–water partition coefficient (Wildman–Crippen LogP) is 2.85. The molecule has 5 nitrogen and oxygen atoms in total. The van der Waals surface area contributed by atoms with Crippen LogP contribution in [-0.2, 0) is 14.1 Å². The molecule has 0 bridgehead atoms. The minimum atomic E-state index is -4.27. The van der Waals surface area contributed by atoms with Crippen LogP contribution in [-0.4, -0.2) is 28.5 Å². The zero-order valence-electron chi connectivity index (χ0n) is 11.1. The van der Waals surface area contributed by atoms with Crippen molar-refractivity contribution in [2.24, 2.45) is 0 Å². The third kappa shape index (κ3) is 13.7. The Morgan fingerprint density at radius 2 is 1.50 bits per heavy atom. The Morgan fingerprint density at radius 3 is 2.00 bits per heavy atom. The summed E-state index contributed by atoms with van der Waals surface area (Å²) in [7, 11) is -4.27. The molecule has 0 heterocycles. The Labute approximate surface area is 109 Å².